The lowest BCUT2D eigenvalue weighted by Gasteiger charge is -2.02. The summed E-state index contributed by atoms with van der Waals surface area (Å²) in [6.45, 7) is 3.89. The minimum atomic E-state index is 0.848. The quantitative estimate of drug-likeness (QED) is 0.778. The Morgan fingerprint density at radius 2 is 2.15 bits per heavy atom. The van der Waals surface area contributed by atoms with Gasteiger partial charge in [0.1, 0.15) is 0 Å². The first kappa shape index (κ1) is 13.3. The molecule has 1 aromatic carbocycles. The maximum atomic E-state index is 4.67. The van der Waals surface area contributed by atoms with Crippen molar-refractivity contribution in [1.29, 1.82) is 0 Å². The second-order valence-corrected chi connectivity index (χ2v) is 5.86. The number of hydrogen-bond donors (Lipinski definition) is 1. The average Bonchev–Trinajstić information content (AvgIpc) is 3.06. The zero-order chi connectivity index (χ0) is 13.9. The topological polar surface area (TPSA) is 29.9 Å². The molecule has 0 aliphatic carbocycles. The van der Waals surface area contributed by atoms with E-state index in [1.807, 2.05) is 7.05 Å². The van der Waals surface area contributed by atoms with Crippen LogP contribution in [0.1, 0.15) is 23.2 Å². The predicted molar refractivity (Wildman–Crippen MR) is 85.3 cm³/mol. The molecule has 20 heavy (non-hydrogen) atoms. The van der Waals surface area contributed by atoms with Crippen LogP contribution in [0.25, 0.3) is 10.9 Å². The second-order valence-electron chi connectivity index (χ2n) is 4.92. The molecule has 2 aromatic heterocycles. The van der Waals surface area contributed by atoms with Crippen LogP contribution in [0.15, 0.2) is 35.8 Å². The van der Waals surface area contributed by atoms with Gasteiger partial charge in [0, 0.05) is 29.0 Å². The van der Waals surface area contributed by atoms with Crippen molar-refractivity contribution in [3.05, 3.63) is 52.1 Å². The van der Waals surface area contributed by atoms with Crippen LogP contribution in [-0.2, 0) is 19.5 Å². The maximum absolute atomic E-state index is 4.67. The van der Waals surface area contributed by atoms with Gasteiger partial charge in [-0.2, -0.15) is 0 Å². The van der Waals surface area contributed by atoms with E-state index in [0.29, 0.717) is 0 Å². The molecule has 0 saturated carbocycles. The average molecular weight is 285 g/mol. The SMILES string of the molecule is CCc1nc(Cn2cc(CNC)c3ccccc32)cs1. The fourth-order valence-corrected chi connectivity index (χ4v) is 3.28. The summed E-state index contributed by atoms with van der Waals surface area (Å²) >= 11 is 1.75. The number of fused-ring (bicyclic) bond motifs is 1. The van der Waals surface area contributed by atoms with Crippen molar-refractivity contribution >= 4 is 22.2 Å². The van der Waals surface area contributed by atoms with Crippen molar-refractivity contribution in [2.45, 2.75) is 26.4 Å². The molecule has 0 spiro atoms. The Morgan fingerprint density at radius 1 is 1.30 bits per heavy atom. The van der Waals surface area contributed by atoms with Crippen LogP contribution in [0.3, 0.4) is 0 Å². The van der Waals surface area contributed by atoms with E-state index in [9.17, 15) is 0 Å². The van der Waals surface area contributed by atoms with Crippen molar-refractivity contribution < 1.29 is 0 Å². The van der Waals surface area contributed by atoms with Crippen LogP contribution in [0, 0.1) is 0 Å². The molecule has 1 N–H and O–H groups in total. The summed E-state index contributed by atoms with van der Waals surface area (Å²) in [6, 6.07) is 8.57. The summed E-state index contributed by atoms with van der Waals surface area (Å²) in [5.74, 6) is 0. The van der Waals surface area contributed by atoms with Crippen molar-refractivity contribution in [2.75, 3.05) is 7.05 Å². The van der Waals surface area contributed by atoms with E-state index < -0.39 is 0 Å². The molecule has 0 aliphatic rings. The highest BCUT2D eigenvalue weighted by Gasteiger charge is 2.09. The van der Waals surface area contributed by atoms with E-state index >= 15 is 0 Å². The molecule has 3 rings (SSSR count). The van der Waals surface area contributed by atoms with Gasteiger partial charge in [-0.3, -0.25) is 0 Å². The number of benzene rings is 1. The number of thiazole rings is 1. The van der Waals surface area contributed by atoms with E-state index in [1.165, 1.54) is 21.5 Å². The van der Waals surface area contributed by atoms with E-state index in [1.54, 1.807) is 11.3 Å². The van der Waals surface area contributed by atoms with Crippen LogP contribution in [0.4, 0.5) is 0 Å². The summed E-state index contributed by atoms with van der Waals surface area (Å²) < 4.78 is 2.30. The lowest BCUT2D eigenvalue weighted by Crippen LogP contribution is -2.04. The maximum Gasteiger partial charge on any atom is 0.0926 e. The van der Waals surface area contributed by atoms with Gasteiger partial charge in [-0.25, -0.2) is 4.98 Å². The largest absolute Gasteiger partial charge is 0.341 e. The zero-order valence-electron chi connectivity index (χ0n) is 11.9. The van der Waals surface area contributed by atoms with Crippen LogP contribution in [0.2, 0.25) is 0 Å². The van der Waals surface area contributed by atoms with Crippen LogP contribution >= 0.6 is 11.3 Å². The number of rotatable bonds is 5. The molecule has 104 valence electrons. The lowest BCUT2D eigenvalue weighted by molar-refractivity contribution is 0.783. The Hall–Kier alpha value is -1.65. The number of para-hydroxylation sites is 1. The smallest absolute Gasteiger partial charge is 0.0926 e. The third-order valence-electron chi connectivity index (χ3n) is 3.47. The van der Waals surface area contributed by atoms with Crippen molar-refractivity contribution in [3.8, 4) is 0 Å². The standard InChI is InChI=1S/C16H19N3S/c1-3-16-18-13(11-20-16)10-19-9-12(8-17-2)14-6-4-5-7-15(14)19/h4-7,9,11,17H,3,8,10H2,1-2H3. The fraction of sp³-hybridized carbons (Fsp3) is 0.312. The van der Waals surface area contributed by atoms with E-state index in [4.69, 9.17) is 0 Å². The van der Waals surface area contributed by atoms with Gasteiger partial charge in [-0.1, -0.05) is 25.1 Å². The third kappa shape index (κ3) is 2.49. The van der Waals surface area contributed by atoms with Gasteiger partial charge in [0.15, 0.2) is 0 Å². The summed E-state index contributed by atoms with van der Waals surface area (Å²) in [7, 11) is 1.99. The minimum absolute atomic E-state index is 0.848. The first-order valence-electron chi connectivity index (χ1n) is 6.96. The van der Waals surface area contributed by atoms with Crippen LogP contribution < -0.4 is 5.32 Å². The Balaban J connectivity index is 1.98. The number of aromatic nitrogens is 2. The number of nitrogens with one attached hydrogen (secondary N) is 1. The van der Waals surface area contributed by atoms with Gasteiger partial charge in [0.2, 0.25) is 0 Å². The van der Waals surface area contributed by atoms with Gasteiger partial charge < -0.3 is 9.88 Å². The Bertz CT molecular complexity index is 711. The number of aryl methyl sites for hydroxylation is 1. The monoisotopic (exact) mass is 285 g/mol. The normalized spacial score (nSPS) is 11.3. The van der Waals surface area contributed by atoms with Gasteiger partial charge >= 0.3 is 0 Å². The van der Waals surface area contributed by atoms with Gasteiger partial charge in [-0.05, 0) is 25.1 Å². The summed E-state index contributed by atoms with van der Waals surface area (Å²) in [6.07, 6.45) is 3.26. The molecule has 3 aromatic rings. The van der Waals surface area contributed by atoms with Crippen molar-refractivity contribution in [2.24, 2.45) is 0 Å². The second kappa shape index (κ2) is 5.77. The Morgan fingerprint density at radius 3 is 2.90 bits per heavy atom. The van der Waals surface area contributed by atoms with E-state index in [2.05, 4.69) is 57.6 Å². The molecule has 0 atom stereocenters. The van der Waals surface area contributed by atoms with Crippen molar-refractivity contribution in [1.82, 2.24) is 14.9 Å². The molecule has 0 fully saturated rings. The lowest BCUT2D eigenvalue weighted by atomic mass is 10.2. The minimum Gasteiger partial charge on any atom is -0.341 e. The fourth-order valence-electron chi connectivity index (χ4n) is 2.54. The highest BCUT2D eigenvalue weighted by molar-refractivity contribution is 7.09. The molecule has 0 bridgehead atoms. The Labute approximate surface area is 123 Å². The van der Waals surface area contributed by atoms with Crippen LogP contribution in [-0.4, -0.2) is 16.6 Å². The first-order valence-corrected chi connectivity index (χ1v) is 7.84. The van der Waals surface area contributed by atoms with Crippen LogP contribution in [0.5, 0.6) is 0 Å². The molecule has 0 radical (unpaired) electrons. The Kier molecular flexibility index (Phi) is 3.85. The molecular weight excluding hydrogens is 266 g/mol. The summed E-state index contributed by atoms with van der Waals surface area (Å²) in [5.41, 5.74) is 3.78. The van der Waals surface area contributed by atoms with Crippen molar-refractivity contribution in [3.63, 3.8) is 0 Å². The molecule has 2 heterocycles. The summed E-state index contributed by atoms with van der Waals surface area (Å²) in [5, 5.41) is 7.95. The van der Waals surface area contributed by atoms with Gasteiger partial charge in [0.05, 0.1) is 17.2 Å². The predicted octanol–water partition coefficient (Wildman–Crippen LogP) is 3.43. The number of nitrogens with zero attached hydrogens (tertiary/aromatic N) is 2. The highest BCUT2D eigenvalue weighted by Crippen LogP contribution is 2.22. The molecule has 0 aliphatic heterocycles. The summed E-state index contributed by atoms with van der Waals surface area (Å²) in [4.78, 5) is 4.67. The third-order valence-corrected chi connectivity index (χ3v) is 4.51. The molecule has 0 saturated heterocycles. The first-order chi connectivity index (χ1) is 9.81. The van der Waals surface area contributed by atoms with Gasteiger partial charge in [-0.15, -0.1) is 11.3 Å². The van der Waals surface area contributed by atoms with E-state index in [0.717, 1.165) is 25.2 Å². The molecule has 0 unspecified atom stereocenters. The zero-order valence-corrected chi connectivity index (χ0v) is 12.7. The molecule has 3 nitrogen and oxygen atoms in total. The van der Waals surface area contributed by atoms with E-state index in [-0.39, 0.29) is 0 Å². The molecule has 4 heteroatoms. The molecular formula is C16H19N3S. The number of hydrogen-bond acceptors (Lipinski definition) is 3. The van der Waals surface area contributed by atoms with Gasteiger partial charge in [0.25, 0.3) is 0 Å². The highest BCUT2D eigenvalue weighted by atomic mass is 32.1. The molecule has 0 amide bonds.